The van der Waals surface area contributed by atoms with Crippen molar-refractivity contribution in [2.75, 3.05) is 16.8 Å². The highest BCUT2D eigenvalue weighted by Gasteiger charge is 2.35. The molecule has 7 nitrogen and oxygen atoms in total. The first-order chi connectivity index (χ1) is 10.5. The van der Waals surface area contributed by atoms with Gasteiger partial charge in [-0.25, -0.2) is 9.37 Å². The Morgan fingerprint density at radius 1 is 1.45 bits per heavy atom. The Balaban J connectivity index is 1.70. The van der Waals surface area contributed by atoms with E-state index < -0.39 is 11.7 Å². The molecule has 0 unspecified atom stereocenters. The van der Waals surface area contributed by atoms with Crippen molar-refractivity contribution in [1.29, 1.82) is 0 Å². The van der Waals surface area contributed by atoms with E-state index in [1.165, 1.54) is 34.1 Å². The molecule has 0 radical (unpaired) electrons. The molecule has 1 atom stereocenters. The lowest BCUT2D eigenvalue weighted by atomic mass is 10.1. The van der Waals surface area contributed by atoms with Crippen LogP contribution in [0.4, 0.5) is 16.0 Å². The number of carbonyl (C=O) groups excluding carboxylic acids is 2. The molecular weight excluding hydrogens is 289 g/mol. The van der Waals surface area contributed by atoms with Crippen molar-refractivity contribution >= 4 is 23.5 Å². The third kappa shape index (κ3) is 2.80. The van der Waals surface area contributed by atoms with Crippen LogP contribution in [0.25, 0.3) is 0 Å². The van der Waals surface area contributed by atoms with Crippen LogP contribution >= 0.6 is 0 Å². The molecule has 0 saturated carbocycles. The van der Waals surface area contributed by atoms with Crippen LogP contribution in [0.15, 0.2) is 30.6 Å². The number of anilines is 2. The van der Waals surface area contributed by atoms with Crippen molar-refractivity contribution in [3.8, 4) is 0 Å². The lowest BCUT2D eigenvalue weighted by Crippen LogP contribution is -2.28. The van der Waals surface area contributed by atoms with Crippen LogP contribution in [0.2, 0.25) is 0 Å². The summed E-state index contributed by atoms with van der Waals surface area (Å²) < 4.78 is 14.7. The molecule has 1 aromatic carbocycles. The Morgan fingerprint density at radius 3 is 2.95 bits per heavy atom. The van der Waals surface area contributed by atoms with Gasteiger partial charge in [0.1, 0.15) is 12.1 Å². The van der Waals surface area contributed by atoms with Gasteiger partial charge < -0.3 is 4.90 Å². The first kappa shape index (κ1) is 14.2. The second kappa shape index (κ2) is 5.55. The molecule has 8 heteroatoms. The van der Waals surface area contributed by atoms with Crippen molar-refractivity contribution in [2.24, 2.45) is 13.0 Å². The highest BCUT2D eigenvalue weighted by molar-refractivity contribution is 6.03. The number of benzene rings is 1. The molecule has 2 heterocycles. The molecule has 2 amide bonds. The molecule has 0 bridgehead atoms. The van der Waals surface area contributed by atoms with E-state index in [1.54, 1.807) is 13.1 Å². The molecule has 1 aliphatic rings. The van der Waals surface area contributed by atoms with Crippen LogP contribution in [-0.4, -0.2) is 33.1 Å². The Kier molecular flexibility index (Phi) is 3.58. The van der Waals surface area contributed by atoms with E-state index >= 15 is 0 Å². The Labute approximate surface area is 125 Å². The van der Waals surface area contributed by atoms with Gasteiger partial charge in [0.15, 0.2) is 0 Å². The Morgan fingerprint density at radius 2 is 2.27 bits per heavy atom. The van der Waals surface area contributed by atoms with E-state index in [0.29, 0.717) is 5.69 Å². The van der Waals surface area contributed by atoms with Gasteiger partial charge in [0.05, 0.1) is 5.92 Å². The third-order valence-electron chi connectivity index (χ3n) is 3.45. The second-order valence-electron chi connectivity index (χ2n) is 5.12. The first-order valence-electron chi connectivity index (χ1n) is 6.75. The number of amides is 2. The van der Waals surface area contributed by atoms with Crippen LogP contribution < -0.4 is 10.2 Å². The third-order valence-corrected chi connectivity index (χ3v) is 3.45. The predicted octanol–water partition coefficient (Wildman–Crippen LogP) is 0.946. The Bertz CT molecular complexity index is 730. The molecule has 3 rings (SSSR count). The number of carbonyl (C=O) groups is 2. The smallest absolute Gasteiger partial charge is 0.248 e. The van der Waals surface area contributed by atoms with Crippen LogP contribution in [0.1, 0.15) is 6.42 Å². The average molecular weight is 303 g/mol. The molecule has 22 heavy (non-hydrogen) atoms. The number of aromatic nitrogens is 3. The van der Waals surface area contributed by atoms with E-state index in [2.05, 4.69) is 15.4 Å². The molecular formula is C14H14FN5O2. The molecule has 1 aliphatic heterocycles. The summed E-state index contributed by atoms with van der Waals surface area (Å²) in [5, 5.41) is 6.53. The number of hydrogen-bond donors (Lipinski definition) is 1. The monoisotopic (exact) mass is 303 g/mol. The lowest BCUT2D eigenvalue weighted by Gasteiger charge is -2.16. The molecule has 1 N–H and O–H groups in total. The summed E-state index contributed by atoms with van der Waals surface area (Å²) in [6, 6.07) is 5.75. The van der Waals surface area contributed by atoms with Gasteiger partial charge in [-0.1, -0.05) is 6.07 Å². The van der Waals surface area contributed by atoms with E-state index in [-0.39, 0.29) is 30.7 Å². The van der Waals surface area contributed by atoms with Crippen molar-refractivity contribution in [1.82, 2.24) is 14.8 Å². The van der Waals surface area contributed by atoms with Crippen molar-refractivity contribution in [2.45, 2.75) is 6.42 Å². The van der Waals surface area contributed by atoms with Crippen molar-refractivity contribution in [3.05, 3.63) is 36.4 Å². The fourth-order valence-electron chi connectivity index (χ4n) is 2.39. The molecule has 1 aromatic heterocycles. The zero-order valence-electron chi connectivity index (χ0n) is 11.9. The van der Waals surface area contributed by atoms with E-state index in [4.69, 9.17) is 0 Å². The second-order valence-corrected chi connectivity index (χ2v) is 5.12. The summed E-state index contributed by atoms with van der Waals surface area (Å²) in [5.74, 6) is -1.27. The van der Waals surface area contributed by atoms with Gasteiger partial charge in [-0.15, -0.1) is 5.10 Å². The SMILES string of the molecule is Cn1cnc(NC(=O)[C@H]2CC(=O)N(c3cccc(F)c3)C2)n1. The first-order valence-corrected chi connectivity index (χ1v) is 6.75. The molecule has 114 valence electrons. The number of halogens is 1. The summed E-state index contributed by atoms with van der Waals surface area (Å²) >= 11 is 0. The maximum atomic E-state index is 13.3. The standard InChI is InChI=1S/C14H14FN5O2/c1-19-8-16-14(18-19)17-13(22)9-5-12(21)20(7-9)11-4-2-3-10(15)6-11/h2-4,6,8-9H,5,7H2,1H3,(H,17,18,22)/t9-/m0/s1. The van der Waals surface area contributed by atoms with E-state index in [9.17, 15) is 14.0 Å². The highest BCUT2D eigenvalue weighted by Crippen LogP contribution is 2.26. The number of nitrogens with zero attached hydrogens (tertiary/aromatic N) is 4. The molecule has 0 spiro atoms. The molecule has 2 aromatic rings. The summed E-state index contributed by atoms with van der Waals surface area (Å²) in [5.41, 5.74) is 0.455. The van der Waals surface area contributed by atoms with Gasteiger partial charge in [-0.2, -0.15) is 0 Å². The zero-order chi connectivity index (χ0) is 15.7. The molecule has 0 aliphatic carbocycles. The van der Waals surface area contributed by atoms with Gasteiger partial charge in [-0.05, 0) is 18.2 Å². The average Bonchev–Trinajstić information content (AvgIpc) is 3.05. The van der Waals surface area contributed by atoms with Gasteiger partial charge in [0.25, 0.3) is 0 Å². The van der Waals surface area contributed by atoms with E-state index in [0.717, 1.165) is 0 Å². The highest BCUT2D eigenvalue weighted by atomic mass is 19.1. The predicted molar refractivity (Wildman–Crippen MR) is 76.5 cm³/mol. The van der Waals surface area contributed by atoms with Crippen LogP contribution in [-0.2, 0) is 16.6 Å². The normalized spacial score (nSPS) is 17.8. The minimum Gasteiger partial charge on any atom is -0.311 e. The fraction of sp³-hybridized carbons (Fsp3) is 0.286. The number of aryl methyl sites for hydroxylation is 1. The lowest BCUT2D eigenvalue weighted by molar-refractivity contribution is -0.122. The van der Waals surface area contributed by atoms with Crippen LogP contribution in [0.5, 0.6) is 0 Å². The molecule has 1 fully saturated rings. The maximum absolute atomic E-state index is 13.3. The van der Waals surface area contributed by atoms with Crippen molar-refractivity contribution < 1.29 is 14.0 Å². The number of nitrogens with one attached hydrogen (secondary N) is 1. The van der Waals surface area contributed by atoms with Crippen molar-refractivity contribution in [3.63, 3.8) is 0 Å². The minimum atomic E-state index is -0.514. The maximum Gasteiger partial charge on any atom is 0.248 e. The van der Waals surface area contributed by atoms with Gasteiger partial charge in [-0.3, -0.25) is 19.6 Å². The largest absolute Gasteiger partial charge is 0.311 e. The number of rotatable bonds is 3. The quantitative estimate of drug-likeness (QED) is 0.915. The molecule has 1 saturated heterocycles. The summed E-state index contributed by atoms with van der Waals surface area (Å²) in [6.07, 6.45) is 1.55. The van der Waals surface area contributed by atoms with E-state index in [1.807, 2.05) is 0 Å². The summed E-state index contributed by atoms with van der Waals surface area (Å²) in [7, 11) is 1.69. The number of hydrogen-bond acceptors (Lipinski definition) is 4. The summed E-state index contributed by atoms with van der Waals surface area (Å²) in [4.78, 5) is 29.5. The topological polar surface area (TPSA) is 80.1 Å². The van der Waals surface area contributed by atoms with Gasteiger partial charge >= 0.3 is 0 Å². The minimum absolute atomic E-state index is 0.0786. The Hall–Kier alpha value is -2.77. The van der Waals surface area contributed by atoms with Gasteiger partial charge in [0.2, 0.25) is 17.8 Å². The van der Waals surface area contributed by atoms with Crippen LogP contribution in [0, 0.1) is 11.7 Å². The summed E-state index contributed by atoms with van der Waals surface area (Å²) in [6.45, 7) is 0.209. The zero-order valence-corrected chi connectivity index (χ0v) is 11.9. The van der Waals surface area contributed by atoms with Gasteiger partial charge in [0, 0.05) is 25.7 Å². The van der Waals surface area contributed by atoms with Crippen LogP contribution in [0.3, 0.4) is 0 Å². The fourth-order valence-corrected chi connectivity index (χ4v) is 2.39.